The predicted molar refractivity (Wildman–Crippen MR) is 81.9 cm³/mol. The minimum Gasteiger partial charge on any atom is -0.478 e. The number of carbonyl (C=O) groups is 1. The standard InChI is InChI=1S/C16H17FN4O2/c17-15-11(6-7-13(19-15)18-9-4-5-9)14-12(16(22)23)8-21(20-14)10-2-1-3-10/h6-10H,1-5H2,(H,18,19)(H,22,23). The maximum atomic E-state index is 14.4. The van der Waals surface area contributed by atoms with Gasteiger partial charge in [-0.25, -0.2) is 9.78 Å². The first-order chi connectivity index (χ1) is 11.1. The molecule has 2 saturated carbocycles. The second-order valence-corrected chi connectivity index (χ2v) is 6.21. The highest BCUT2D eigenvalue weighted by atomic mass is 19.1. The van der Waals surface area contributed by atoms with Crippen molar-refractivity contribution in [2.45, 2.75) is 44.2 Å². The molecule has 2 aliphatic carbocycles. The second kappa shape index (κ2) is 5.33. The quantitative estimate of drug-likeness (QED) is 0.829. The summed E-state index contributed by atoms with van der Waals surface area (Å²) in [6.07, 6.45) is 6.70. The van der Waals surface area contributed by atoms with Gasteiger partial charge in [0, 0.05) is 12.2 Å². The fourth-order valence-electron chi connectivity index (χ4n) is 2.71. The van der Waals surface area contributed by atoms with Crippen LogP contribution in [-0.2, 0) is 0 Å². The van der Waals surface area contributed by atoms with Crippen molar-refractivity contribution in [3.63, 3.8) is 0 Å². The van der Waals surface area contributed by atoms with Gasteiger partial charge in [0.25, 0.3) is 0 Å². The Labute approximate surface area is 132 Å². The van der Waals surface area contributed by atoms with Crippen molar-refractivity contribution in [1.82, 2.24) is 14.8 Å². The molecule has 2 fully saturated rings. The van der Waals surface area contributed by atoms with Crippen molar-refractivity contribution in [3.8, 4) is 11.3 Å². The molecule has 0 saturated heterocycles. The number of hydrogen-bond acceptors (Lipinski definition) is 4. The fraction of sp³-hybridized carbons (Fsp3) is 0.438. The van der Waals surface area contributed by atoms with Crippen molar-refractivity contribution < 1.29 is 14.3 Å². The number of halogens is 1. The van der Waals surface area contributed by atoms with Crippen LogP contribution in [0.25, 0.3) is 11.3 Å². The summed E-state index contributed by atoms with van der Waals surface area (Å²) in [5.41, 5.74) is 0.287. The molecule has 7 heteroatoms. The lowest BCUT2D eigenvalue weighted by atomic mass is 9.93. The Bertz CT molecular complexity index is 765. The largest absolute Gasteiger partial charge is 0.478 e. The third-order valence-electron chi connectivity index (χ3n) is 4.44. The molecule has 2 N–H and O–H groups in total. The first-order valence-corrected chi connectivity index (χ1v) is 7.87. The van der Waals surface area contributed by atoms with Crippen LogP contribution in [0.15, 0.2) is 18.3 Å². The van der Waals surface area contributed by atoms with Crippen LogP contribution < -0.4 is 5.32 Å². The van der Waals surface area contributed by atoms with Gasteiger partial charge in [0.2, 0.25) is 5.95 Å². The number of aromatic nitrogens is 3. The van der Waals surface area contributed by atoms with E-state index < -0.39 is 11.9 Å². The van der Waals surface area contributed by atoms with Crippen molar-refractivity contribution in [3.05, 3.63) is 29.8 Å². The van der Waals surface area contributed by atoms with E-state index in [9.17, 15) is 14.3 Å². The number of nitrogens with zero attached hydrogens (tertiary/aromatic N) is 3. The van der Waals surface area contributed by atoms with Crippen LogP contribution >= 0.6 is 0 Å². The maximum Gasteiger partial charge on any atom is 0.339 e. The number of aromatic carboxylic acids is 1. The number of pyridine rings is 1. The molecular formula is C16H17FN4O2. The third kappa shape index (κ3) is 2.67. The van der Waals surface area contributed by atoms with Crippen molar-refractivity contribution in [2.24, 2.45) is 0 Å². The summed E-state index contributed by atoms with van der Waals surface area (Å²) in [6.45, 7) is 0. The molecule has 23 heavy (non-hydrogen) atoms. The van der Waals surface area contributed by atoms with E-state index in [0.29, 0.717) is 11.9 Å². The van der Waals surface area contributed by atoms with Crippen LogP contribution in [0.5, 0.6) is 0 Å². The van der Waals surface area contributed by atoms with E-state index in [-0.39, 0.29) is 22.9 Å². The van der Waals surface area contributed by atoms with Crippen LogP contribution in [0, 0.1) is 5.95 Å². The molecule has 4 rings (SSSR count). The van der Waals surface area contributed by atoms with E-state index in [4.69, 9.17) is 0 Å². The Kier molecular flexibility index (Phi) is 3.28. The van der Waals surface area contributed by atoms with Crippen molar-refractivity contribution in [1.29, 1.82) is 0 Å². The maximum absolute atomic E-state index is 14.4. The number of carboxylic acids is 1. The van der Waals surface area contributed by atoms with Crippen molar-refractivity contribution >= 4 is 11.8 Å². The zero-order valence-corrected chi connectivity index (χ0v) is 12.5. The molecule has 0 aliphatic heterocycles. The minimum absolute atomic E-state index is 0.0144. The van der Waals surface area contributed by atoms with Gasteiger partial charge in [0.1, 0.15) is 17.1 Å². The van der Waals surface area contributed by atoms with Crippen LogP contribution in [0.1, 0.15) is 48.5 Å². The van der Waals surface area contributed by atoms with Gasteiger partial charge >= 0.3 is 5.97 Å². The van der Waals surface area contributed by atoms with E-state index in [1.165, 1.54) is 6.20 Å². The topological polar surface area (TPSA) is 80.0 Å². The van der Waals surface area contributed by atoms with Gasteiger partial charge in [-0.1, -0.05) is 0 Å². The van der Waals surface area contributed by atoms with Gasteiger partial charge in [-0.2, -0.15) is 9.49 Å². The Morgan fingerprint density at radius 2 is 2.09 bits per heavy atom. The van der Waals surface area contributed by atoms with Gasteiger partial charge in [-0.3, -0.25) is 4.68 Å². The number of anilines is 1. The highest BCUT2D eigenvalue weighted by Crippen LogP contribution is 2.34. The molecule has 6 nitrogen and oxygen atoms in total. The van der Waals surface area contributed by atoms with Crippen LogP contribution in [0.2, 0.25) is 0 Å². The number of carboxylic acid groups (broad SMARTS) is 1. The third-order valence-corrected chi connectivity index (χ3v) is 4.44. The molecule has 0 radical (unpaired) electrons. The van der Waals surface area contributed by atoms with E-state index in [2.05, 4.69) is 15.4 Å². The normalized spacial score (nSPS) is 17.8. The first-order valence-electron chi connectivity index (χ1n) is 7.87. The van der Waals surface area contributed by atoms with Crippen LogP contribution in [0.3, 0.4) is 0 Å². The van der Waals surface area contributed by atoms with E-state index >= 15 is 0 Å². The Balaban J connectivity index is 1.70. The molecule has 2 aromatic rings. The van der Waals surface area contributed by atoms with Gasteiger partial charge < -0.3 is 10.4 Å². The summed E-state index contributed by atoms with van der Waals surface area (Å²) >= 11 is 0. The average Bonchev–Trinajstić information content (AvgIpc) is 3.14. The van der Waals surface area contributed by atoms with Gasteiger partial charge in [0.05, 0.1) is 11.6 Å². The van der Waals surface area contributed by atoms with Gasteiger partial charge in [0.15, 0.2) is 0 Å². The summed E-state index contributed by atoms with van der Waals surface area (Å²) in [4.78, 5) is 15.4. The molecule has 120 valence electrons. The molecule has 2 aromatic heterocycles. The Morgan fingerprint density at radius 1 is 1.30 bits per heavy atom. The molecule has 0 bridgehead atoms. The number of hydrogen-bond donors (Lipinski definition) is 2. The van der Waals surface area contributed by atoms with Gasteiger partial charge in [-0.15, -0.1) is 0 Å². The first kappa shape index (κ1) is 14.2. The average molecular weight is 316 g/mol. The molecular weight excluding hydrogens is 299 g/mol. The predicted octanol–water partition coefficient (Wildman–Crippen LogP) is 3.08. The number of nitrogens with one attached hydrogen (secondary N) is 1. The smallest absolute Gasteiger partial charge is 0.339 e. The van der Waals surface area contributed by atoms with E-state index in [0.717, 1.165) is 32.1 Å². The highest BCUT2D eigenvalue weighted by Gasteiger charge is 2.27. The molecule has 2 heterocycles. The van der Waals surface area contributed by atoms with Gasteiger partial charge in [-0.05, 0) is 44.2 Å². The summed E-state index contributed by atoms with van der Waals surface area (Å²) in [5, 5.41) is 16.8. The molecule has 0 amide bonds. The van der Waals surface area contributed by atoms with E-state index in [1.807, 2.05) is 0 Å². The summed E-state index contributed by atoms with van der Waals surface area (Å²) in [5.74, 6) is -1.33. The van der Waals surface area contributed by atoms with Crippen LogP contribution in [-0.4, -0.2) is 31.9 Å². The Hall–Kier alpha value is -2.44. The van der Waals surface area contributed by atoms with Crippen molar-refractivity contribution in [2.75, 3.05) is 5.32 Å². The van der Waals surface area contributed by atoms with E-state index in [1.54, 1.807) is 16.8 Å². The minimum atomic E-state index is -1.11. The SMILES string of the molecule is O=C(O)c1cn(C2CCC2)nc1-c1ccc(NC2CC2)nc1F. The molecule has 0 spiro atoms. The fourth-order valence-corrected chi connectivity index (χ4v) is 2.71. The van der Waals surface area contributed by atoms with Crippen LogP contribution in [0.4, 0.5) is 10.2 Å². The monoisotopic (exact) mass is 316 g/mol. The lowest BCUT2D eigenvalue weighted by molar-refractivity contribution is 0.0697. The lowest BCUT2D eigenvalue weighted by Crippen LogP contribution is -2.17. The number of rotatable bonds is 5. The zero-order valence-electron chi connectivity index (χ0n) is 12.5. The lowest BCUT2D eigenvalue weighted by Gasteiger charge is -2.25. The molecule has 2 aliphatic rings. The summed E-state index contributed by atoms with van der Waals surface area (Å²) in [6, 6.07) is 3.81. The molecule has 0 atom stereocenters. The second-order valence-electron chi connectivity index (χ2n) is 6.21. The highest BCUT2D eigenvalue weighted by molar-refractivity contribution is 5.94. The Morgan fingerprint density at radius 3 is 2.65 bits per heavy atom. The summed E-state index contributed by atoms with van der Waals surface area (Å²) in [7, 11) is 0. The summed E-state index contributed by atoms with van der Waals surface area (Å²) < 4.78 is 16.0. The zero-order chi connectivity index (χ0) is 16.0. The molecule has 0 unspecified atom stereocenters. The molecule has 0 aromatic carbocycles.